The maximum absolute atomic E-state index is 13.6. The van der Waals surface area contributed by atoms with Gasteiger partial charge in [-0.1, -0.05) is 25.1 Å². The van der Waals surface area contributed by atoms with Crippen molar-refractivity contribution >= 4 is 16.6 Å². The second kappa shape index (κ2) is 10.2. The molecule has 0 bridgehead atoms. The van der Waals surface area contributed by atoms with Gasteiger partial charge in [-0.05, 0) is 55.5 Å². The van der Waals surface area contributed by atoms with E-state index in [0.29, 0.717) is 29.0 Å². The number of benzene rings is 3. The minimum absolute atomic E-state index is 0.0575. The molecular weight excluding hydrogens is 476 g/mol. The normalized spacial score (nSPS) is 13.8. The van der Waals surface area contributed by atoms with E-state index in [1.165, 1.54) is 41.0 Å². The number of halogens is 4. The summed E-state index contributed by atoms with van der Waals surface area (Å²) in [4.78, 5) is 19.9. The number of nitrogens with zero attached hydrogens (tertiary/aromatic N) is 3. The van der Waals surface area contributed by atoms with Gasteiger partial charge in [0.15, 0.2) is 0 Å². The van der Waals surface area contributed by atoms with Crippen molar-refractivity contribution in [2.24, 2.45) is 0 Å². The molecule has 0 saturated heterocycles. The van der Waals surface area contributed by atoms with Crippen molar-refractivity contribution in [3.05, 3.63) is 106 Å². The van der Waals surface area contributed by atoms with Crippen molar-refractivity contribution in [1.29, 1.82) is 0 Å². The van der Waals surface area contributed by atoms with Crippen LogP contribution in [0.1, 0.15) is 31.3 Å². The number of hydroxylamine groups is 1. The molecule has 2 atom stereocenters. The van der Waals surface area contributed by atoms with Crippen LogP contribution >= 0.6 is 0 Å². The Kier molecular flexibility index (Phi) is 7.21. The van der Waals surface area contributed by atoms with Crippen molar-refractivity contribution in [3.8, 4) is 5.69 Å². The molecule has 4 rings (SSSR count). The number of para-hydroxylation sites is 1. The van der Waals surface area contributed by atoms with E-state index in [1.807, 2.05) is 0 Å². The summed E-state index contributed by atoms with van der Waals surface area (Å²) in [6, 6.07) is 15.9. The van der Waals surface area contributed by atoms with E-state index in [2.05, 4.69) is 0 Å². The molecule has 4 aromatic rings. The summed E-state index contributed by atoms with van der Waals surface area (Å²) in [6.07, 6.45) is -4.56. The molecule has 2 unspecified atom stereocenters. The van der Waals surface area contributed by atoms with E-state index in [4.69, 9.17) is 4.98 Å². The zero-order valence-electron chi connectivity index (χ0n) is 19.6. The second-order valence-electron chi connectivity index (χ2n) is 8.34. The van der Waals surface area contributed by atoms with Gasteiger partial charge in [-0.25, -0.2) is 14.3 Å². The van der Waals surface area contributed by atoms with E-state index in [-0.39, 0.29) is 17.9 Å². The highest BCUT2D eigenvalue weighted by Gasteiger charge is 2.31. The van der Waals surface area contributed by atoms with E-state index in [9.17, 15) is 27.6 Å². The minimum atomic E-state index is -4.56. The summed E-state index contributed by atoms with van der Waals surface area (Å²) in [6.45, 7) is 3.74. The lowest BCUT2D eigenvalue weighted by Gasteiger charge is -2.33. The van der Waals surface area contributed by atoms with Gasteiger partial charge in [0.25, 0.3) is 5.56 Å². The lowest BCUT2D eigenvalue weighted by atomic mass is 10.2. The lowest BCUT2D eigenvalue weighted by molar-refractivity contribution is -0.791. The standard InChI is InChI=1S/C26H24F4N4O2/c1-3-32(16-33(36)21-8-6-7-18(15-21)26(28,29)30)17(2)24-31-23-10-5-4-9-22(23)25(35)34(24)20-13-11-19(27)12-14-20/h4-15,17,33H,3,16H2,1-2H3. The average molecular weight is 500 g/mol. The molecule has 1 heterocycles. The maximum Gasteiger partial charge on any atom is 0.416 e. The molecule has 0 radical (unpaired) electrons. The highest BCUT2D eigenvalue weighted by atomic mass is 19.4. The Labute approximate surface area is 204 Å². The van der Waals surface area contributed by atoms with Crippen LogP contribution in [0.15, 0.2) is 77.6 Å². The minimum Gasteiger partial charge on any atom is -0.628 e. The van der Waals surface area contributed by atoms with Gasteiger partial charge in [0.05, 0.1) is 28.2 Å². The Bertz CT molecular complexity index is 1420. The molecule has 10 heteroatoms. The smallest absolute Gasteiger partial charge is 0.416 e. The lowest BCUT2D eigenvalue weighted by Crippen LogP contribution is -3.04. The van der Waals surface area contributed by atoms with Crippen molar-refractivity contribution in [2.45, 2.75) is 26.1 Å². The fraction of sp³-hybridized carbons (Fsp3) is 0.231. The van der Waals surface area contributed by atoms with Gasteiger partial charge in [-0.15, -0.1) is 0 Å². The molecule has 1 N–H and O–H groups in total. The van der Waals surface area contributed by atoms with Crippen LogP contribution in [0.25, 0.3) is 16.6 Å². The predicted octanol–water partition coefficient (Wildman–Crippen LogP) is 4.60. The molecule has 36 heavy (non-hydrogen) atoms. The Morgan fingerprint density at radius 2 is 1.75 bits per heavy atom. The van der Waals surface area contributed by atoms with Crippen molar-refractivity contribution < 1.29 is 22.6 Å². The highest BCUT2D eigenvalue weighted by Crippen LogP contribution is 2.30. The van der Waals surface area contributed by atoms with Crippen molar-refractivity contribution in [3.63, 3.8) is 0 Å². The molecule has 1 aromatic heterocycles. The first-order valence-corrected chi connectivity index (χ1v) is 11.3. The van der Waals surface area contributed by atoms with E-state index < -0.39 is 28.7 Å². The van der Waals surface area contributed by atoms with Gasteiger partial charge in [-0.2, -0.15) is 13.2 Å². The van der Waals surface area contributed by atoms with Gasteiger partial charge in [0, 0.05) is 12.6 Å². The summed E-state index contributed by atoms with van der Waals surface area (Å²) < 4.78 is 54.3. The SMILES string of the molecule is CCN(C[NH+]([O-])c1cccc(C(F)(F)F)c1)C(C)c1nc2ccccc2c(=O)n1-c1ccc(F)cc1. The number of quaternary nitrogens is 1. The summed E-state index contributed by atoms with van der Waals surface area (Å²) in [5.74, 6) is -0.138. The average Bonchev–Trinajstić information content (AvgIpc) is 2.87. The van der Waals surface area contributed by atoms with Gasteiger partial charge in [-0.3, -0.25) is 9.36 Å². The van der Waals surface area contributed by atoms with Crippen LogP contribution in [-0.4, -0.2) is 27.7 Å². The number of fused-ring (bicyclic) bond motifs is 1. The van der Waals surface area contributed by atoms with E-state index in [0.717, 1.165) is 12.1 Å². The third kappa shape index (κ3) is 5.15. The molecule has 0 fully saturated rings. The van der Waals surface area contributed by atoms with E-state index >= 15 is 0 Å². The Balaban J connectivity index is 1.74. The van der Waals surface area contributed by atoms with Crippen LogP contribution in [0, 0.1) is 11.0 Å². The molecule has 188 valence electrons. The zero-order chi connectivity index (χ0) is 26.0. The van der Waals surface area contributed by atoms with Crippen LogP contribution in [-0.2, 0) is 6.18 Å². The van der Waals surface area contributed by atoms with Crippen LogP contribution < -0.4 is 10.6 Å². The quantitative estimate of drug-likeness (QED) is 0.229. The fourth-order valence-corrected chi connectivity index (χ4v) is 4.10. The fourth-order valence-electron chi connectivity index (χ4n) is 4.10. The Hall–Kier alpha value is -3.60. The van der Waals surface area contributed by atoms with Gasteiger partial charge in [0.1, 0.15) is 24.0 Å². The first-order chi connectivity index (χ1) is 17.1. The summed E-state index contributed by atoms with van der Waals surface area (Å²) in [5, 5.41) is 12.8. The van der Waals surface area contributed by atoms with E-state index in [1.54, 1.807) is 43.0 Å². The zero-order valence-corrected chi connectivity index (χ0v) is 19.6. The van der Waals surface area contributed by atoms with Gasteiger partial charge in [0.2, 0.25) is 0 Å². The summed E-state index contributed by atoms with van der Waals surface area (Å²) in [7, 11) is 0. The first kappa shape index (κ1) is 25.5. The largest absolute Gasteiger partial charge is 0.628 e. The van der Waals surface area contributed by atoms with Gasteiger partial charge < -0.3 is 10.3 Å². The molecule has 0 spiro atoms. The number of aromatic nitrogens is 2. The molecule has 0 aliphatic carbocycles. The first-order valence-electron chi connectivity index (χ1n) is 11.3. The van der Waals surface area contributed by atoms with Crippen molar-refractivity contribution in [2.75, 3.05) is 13.2 Å². The molecule has 0 aliphatic rings. The molecule has 0 saturated carbocycles. The van der Waals surface area contributed by atoms with Crippen LogP contribution in [0.3, 0.4) is 0 Å². The van der Waals surface area contributed by atoms with Crippen LogP contribution in [0.5, 0.6) is 0 Å². The van der Waals surface area contributed by atoms with Crippen molar-refractivity contribution in [1.82, 2.24) is 14.5 Å². The predicted molar refractivity (Wildman–Crippen MR) is 128 cm³/mol. The summed E-state index contributed by atoms with van der Waals surface area (Å²) >= 11 is 0. The molecule has 3 aromatic carbocycles. The Morgan fingerprint density at radius 1 is 1.06 bits per heavy atom. The second-order valence-corrected chi connectivity index (χ2v) is 8.34. The third-order valence-corrected chi connectivity index (χ3v) is 6.07. The number of hydrogen-bond donors (Lipinski definition) is 1. The summed E-state index contributed by atoms with van der Waals surface area (Å²) in [5.41, 5.74) is -0.442. The topological polar surface area (TPSA) is 65.6 Å². The number of nitrogens with one attached hydrogen (secondary N) is 1. The number of hydrogen-bond acceptors (Lipinski definition) is 4. The van der Waals surface area contributed by atoms with Crippen LogP contribution in [0.2, 0.25) is 0 Å². The number of alkyl halides is 3. The molecular formula is C26H24F4N4O2. The molecule has 0 aliphatic heterocycles. The Morgan fingerprint density at radius 3 is 2.42 bits per heavy atom. The maximum atomic E-state index is 13.6. The van der Waals surface area contributed by atoms with Gasteiger partial charge >= 0.3 is 6.18 Å². The molecule has 0 amide bonds. The number of rotatable bonds is 7. The third-order valence-electron chi connectivity index (χ3n) is 6.07. The monoisotopic (exact) mass is 500 g/mol. The van der Waals surface area contributed by atoms with Crippen LogP contribution in [0.4, 0.5) is 23.2 Å². The highest BCUT2D eigenvalue weighted by molar-refractivity contribution is 5.77. The molecule has 6 nitrogen and oxygen atoms in total.